The average molecular weight is 740 g/mol. The molecule has 4 aromatic rings. The van der Waals surface area contributed by atoms with Crippen LogP contribution in [0.5, 0.6) is 11.5 Å². The van der Waals surface area contributed by atoms with Crippen LogP contribution in [-0.2, 0) is 23.9 Å². The maximum absolute atomic E-state index is 13.4. The van der Waals surface area contributed by atoms with Gasteiger partial charge in [0.1, 0.15) is 48.3 Å². The van der Waals surface area contributed by atoms with Crippen LogP contribution in [0.25, 0.3) is 27.8 Å². The highest BCUT2D eigenvalue weighted by atomic mass is 16.8. The Morgan fingerprint density at radius 3 is 2.46 bits per heavy atom. The van der Waals surface area contributed by atoms with E-state index in [4.69, 9.17) is 23.5 Å². The van der Waals surface area contributed by atoms with E-state index >= 15 is 0 Å². The Bertz CT molecular complexity index is 2240. The van der Waals surface area contributed by atoms with Gasteiger partial charge in [-0.15, -0.1) is 0 Å². The molecule has 7 rings (SSSR count). The first-order valence-corrected chi connectivity index (χ1v) is 17.0. The molecule has 280 valence electrons. The largest absolute Gasteiger partial charge is 0.508 e. The average Bonchev–Trinajstić information content (AvgIpc) is 3.72. The molecule has 6 atom stereocenters. The number of esters is 1. The van der Waals surface area contributed by atoms with E-state index in [2.05, 4.69) is 10.3 Å². The number of likely N-dealkylation sites (N-methyl/N-ethyl adjacent to an activating group) is 1. The molecule has 3 aliphatic rings. The Labute approximate surface area is 307 Å². The number of benzene rings is 3. The van der Waals surface area contributed by atoms with Gasteiger partial charge >= 0.3 is 11.9 Å². The third-order valence-electron chi connectivity index (χ3n) is 9.30. The number of hydrogen-bond acceptors (Lipinski definition) is 14. The van der Waals surface area contributed by atoms with Crippen molar-refractivity contribution in [1.82, 2.24) is 10.4 Å². The Morgan fingerprint density at radius 2 is 1.76 bits per heavy atom. The first-order valence-electron chi connectivity index (χ1n) is 17.0. The van der Waals surface area contributed by atoms with E-state index in [-0.39, 0.29) is 40.0 Å². The summed E-state index contributed by atoms with van der Waals surface area (Å²) in [5, 5.41) is 46.0. The number of aromatic hydroxyl groups is 1. The monoisotopic (exact) mass is 739 g/mol. The highest BCUT2D eigenvalue weighted by Crippen LogP contribution is 2.40. The number of nitrogens with zero attached hydrogens (tertiary/aromatic N) is 2. The number of ether oxygens (including phenoxy) is 3. The summed E-state index contributed by atoms with van der Waals surface area (Å²) in [7, 11) is 1.27. The number of allylic oxidation sites excluding steroid dienone is 1. The van der Waals surface area contributed by atoms with Gasteiger partial charge in [0.05, 0.1) is 28.9 Å². The van der Waals surface area contributed by atoms with Crippen LogP contribution in [0.3, 0.4) is 0 Å². The van der Waals surface area contributed by atoms with E-state index in [1.165, 1.54) is 43.6 Å². The number of carboxylic acids is 1. The predicted octanol–water partition coefficient (Wildman–Crippen LogP) is 2.82. The van der Waals surface area contributed by atoms with Gasteiger partial charge in [-0.05, 0) is 68.9 Å². The fraction of sp³-hybridized carbons (Fsp3) is 0.282. The Kier molecular flexibility index (Phi) is 10.1. The van der Waals surface area contributed by atoms with Crippen molar-refractivity contribution in [1.29, 1.82) is 0 Å². The zero-order valence-electron chi connectivity index (χ0n) is 29.3. The Hall–Kier alpha value is -5.84. The van der Waals surface area contributed by atoms with Crippen molar-refractivity contribution in [3.8, 4) is 22.6 Å². The summed E-state index contributed by atoms with van der Waals surface area (Å²) in [6, 6.07) is 14.9. The highest BCUT2D eigenvalue weighted by Gasteiger charge is 2.49. The van der Waals surface area contributed by atoms with E-state index in [9.17, 15) is 34.8 Å². The fourth-order valence-corrected chi connectivity index (χ4v) is 6.68. The molecule has 0 bridgehead atoms. The summed E-state index contributed by atoms with van der Waals surface area (Å²) in [6.45, 7) is 3.55. The second kappa shape index (κ2) is 14.9. The van der Waals surface area contributed by atoms with Crippen molar-refractivity contribution in [2.75, 3.05) is 20.2 Å². The fourth-order valence-electron chi connectivity index (χ4n) is 6.68. The minimum absolute atomic E-state index is 0.0506. The van der Waals surface area contributed by atoms with E-state index in [0.717, 1.165) is 22.3 Å². The zero-order chi connectivity index (χ0) is 38.3. The number of rotatable bonds is 11. The van der Waals surface area contributed by atoms with Crippen LogP contribution >= 0.6 is 0 Å². The number of carbonyl (C=O) groups excluding carboxylic acids is 1. The predicted molar refractivity (Wildman–Crippen MR) is 193 cm³/mol. The van der Waals surface area contributed by atoms with Crippen molar-refractivity contribution in [3.63, 3.8) is 0 Å². The minimum atomic E-state index is -1.68. The van der Waals surface area contributed by atoms with Gasteiger partial charge in [0.15, 0.2) is 11.5 Å². The molecule has 15 heteroatoms. The molecule has 1 saturated heterocycles. The first-order chi connectivity index (χ1) is 25.9. The third-order valence-corrected chi connectivity index (χ3v) is 9.30. The second-order valence-electron chi connectivity index (χ2n) is 13.2. The molecule has 1 aromatic heterocycles. The lowest BCUT2D eigenvalue weighted by Gasteiger charge is -2.43. The van der Waals surface area contributed by atoms with Gasteiger partial charge in [-0.2, -0.15) is 0 Å². The number of carbonyl (C=O) groups is 2. The molecule has 0 unspecified atom stereocenters. The number of carboxylic acid groups (broad SMARTS) is 1. The smallest absolute Gasteiger partial charge is 0.334 e. The standard InChI is InChI=1S/C39H37N3O12/c1-19-12-20(2)14-23(13-19)32-30-22(10-11-41-30)16-42(32)54-36-35(46)34(45)29(18-51-38(49)31(40-3)37(47)48)53-39(36)52-25-8-9-26-28(15-25)50-17-27(33(26)44)21-4-6-24(43)7-5-21/h4-15,17,29,31,34-36,39-40,43,45-46H,16,18H2,1-3H3,(H,47,48)/t29-,31+,34-,35+,36-,39-/m0/s1. The van der Waals surface area contributed by atoms with E-state index in [1.807, 2.05) is 38.1 Å². The number of aryl methyl sites for hydroxylation is 2. The minimum Gasteiger partial charge on any atom is -0.508 e. The number of fused-ring (bicyclic) bond motifs is 2. The summed E-state index contributed by atoms with van der Waals surface area (Å²) in [5.41, 5.74) is 5.68. The van der Waals surface area contributed by atoms with Gasteiger partial charge in [-0.3, -0.25) is 19.9 Å². The zero-order valence-corrected chi connectivity index (χ0v) is 29.3. The SMILES string of the molecule is CN[C@H](C(=O)O)C(=O)OC[C@@H]1O[C@H](Oc2ccc3c(=O)c(-c4ccc(O)cc4)coc3c2)[C@@H](ON2CC3=CC=NC3=C2c2cc(C)cc(C)c2)[C@H](O)[C@H]1O. The number of hydroxylamine groups is 2. The lowest BCUT2D eigenvalue weighted by Crippen LogP contribution is -2.62. The van der Waals surface area contributed by atoms with E-state index < -0.39 is 55.3 Å². The van der Waals surface area contributed by atoms with Gasteiger partial charge in [-0.1, -0.05) is 29.3 Å². The molecule has 0 radical (unpaired) electrons. The number of nitrogens with one attached hydrogen (secondary N) is 1. The summed E-state index contributed by atoms with van der Waals surface area (Å²) >= 11 is 0. The van der Waals surface area contributed by atoms with Gasteiger partial charge in [0, 0.05) is 23.4 Å². The molecule has 0 saturated carbocycles. The normalized spacial score (nSPS) is 22.6. The van der Waals surface area contributed by atoms with Crippen LogP contribution in [0, 0.1) is 13.8 Å². The van der Waals surface area contributed by atoms with Crippen LogP contribution in [0.1, 0.15) is 16.7 Å². The van der Waals surface area contributed by atoms with Crippen LogP contribution in [0.4, 0.5) is 0 Å². The van der Waals surface area contributed by atoms with Crippen LogP contribution in [0.15, 0.2) is 98.5 Å². The molecular weight excluding hydrogens is 702 g/mol. The first kappa shape index (κ1) is 36.5. The number of aliphatic carboxylic acids is 1. The van der Waals surface area contributed by atoms with E-state index in [0.29, 0.717) is 17.0 Å². The van der Waals surface area contributed by atoms with Crippen LogP contribution in [-0.4, -0.2) is 101 Å². The molecule has 1 fully saturated rings. The van der Waals surface area contributed by atoms with Crippen LogP contribution in [0.2, 0.25) is 0 Å². The lowest BCUT2D eigenvalue weighted by atomic mass is 9.99. The summed E-state index contributed by atoms with van der Waals surface area (Å²) in [5.74, 6) is -2.41. The van der Waals surface area contributed by atoms with Gasteiger partial charge in [0.2, 0.25) is 12.3 Å². The lowest BCUT2D eigenvalue weighted by molar-refractivity contribution is -0.323. The number of aliphatic hydroxyl groups excluding tert-OH is 2. The Morgan fingerprint density at radius 1 is 1.02 bits per heavy atom. The molecule has 0 spiro atoms. The van der Waals surface area contributed by atoms with Gasteiger partial charge in [0.25, 0.3) is 0 Å². The van der Waals surface area contributed by atoms with Crippen molar-refractivity contribution >= 4 is 34.8 Å². The molecule has 54 heavy (non-hydrogen) atoms. The molecular formula is C39H37N3O12. The maximum Gasteiger partial charge on any atom is 0.334 e. The highest BCUT2D eigenvalue weighted by molar-refractivity contribution is 5.98. The molecule has 0 aliphatic carbocycles. The topological polar surface area (TPSA) is 210 Å². The van der Waals surface area contributed by atoms with Gasteiger partial charge in [-0.25, -0.2) is 14.7 Å². The molecule has 3 aromatic carbocycles. The number of aliphatic hydroxyl groups is 2. The molecule has 4 heterocycles. The summed E-state index contributed by atoms with van der Waals surface area (Å²) < 4.78 is 23.4. The molecule has 3 aliphatic heterocycles. The summed E-state index contributed by atoms with van der Waals surface area (Å²) in [6.07, 6.45) is -2.74. The van der Waals surface area contributed by atoms with Crippen molar-refractivity contribution < 1.29 is 53.5 Å². The van der Waals surface area contributed by atoms with E-state index in [1.54, 1.807) is 23.4 Å². The number of phenols is 1. The van der Waals surface area contributed by atoms with Crippen molar-refractivity contribution in [2.45, 2.75) is 50.6 Å². The van der Waals surface area contributed by atoms with Crippen molar-refractivity contribution in [3.05, 3.63) is 111 Å². The number of phenolic OH excluding ortho intramolecular Hbond substituents is 1. The molecule has 5 N–H and O–H groups in total. The molecule has 15 nitrogen and oxygen atoms in total. The third kappa shape index (κ3) is 7.10. The maximum atomic E-state index is 13.4. The quantitative estimate of drug-likeness (QED) is 0.111. The van der Waals surface area contributed by atoms with Gasteiger partial charge < -0.3 is 39.1 Å². The summed E-state index contributed by atoms with van der Waals surface area (Å²) in [4.78, 5) is 48.4. The molecule has 0 amide bonds. The number of aliphatic imine (C=N–C) groups is 1. The second-order valence-corrected chi connectivity index (χ2v) is 13.2. The Balaban J connectivity index is 1.20. The number of hydrogen-bond donors (Lipinski definition) is 5. The van der Waals surface area contributed by atoms with Crippen molar-refractivity contribution in [2.24, 2.45) is 4.99 Å². The van der Waals surface area contributed by atoms with Crippen LogP contribution < -0.4 is 15.5 Å².